The Morgan fingerprint density at radius 2 is 1.93 bits per heavy atom. The summed E-state index contributed by atoms with van der Waals surface area (Å²) in [5, 5.41) is 2.78. The predicted octanol–water partition coefficient (Wildman–Crippen LogP) is 2.57. The molecule has 1 unspecified atom stereocenters. The Hall–Kier alpha value is -3.22. The standard InChI is InChI=1S/C20H20N2O5/c1-13-5-3-4-6-15(13)25-10-9-22-18(23)20(2,21-19(22)24)14-7-8-16-17(11-14)27-12-26-16/h3-8,11H,9-10,12H2,1-2H3,(H,21,24). The van der Waals surface area contributed by atoms with Gasteiger partial charge in [-0.3, -0.25) is 9.69 Å². The zero-order valence-corrected chi connectivity index (χ0v) is 15.2. The molecule has 2 heterocycles. The fraction of sp³-hybridized carbons (Fsp3) is 0.300. The average molecular weight is 368 g/mol. The van der Waals surface area contributed by atoms with Crippen molar-refractivity contribution in [2.24, 2.45) is 0 Å². The van der Waals surface area contributed by atoms with Crippen LogP contribution in [0.2, 0.25) is 0 Å². The molecule has 140 valence electrons. The van der Waals surface area contributed by atoms with Gasteiger partial charge in [0.05, 0.1) is 6.54 Å². The Bertz CT molecular complexity index is 913. The van der Waals surface area contributed by atoms with Crippen LogP contribution >= 0.6 is 0 Å². The number of nitrogens with one attached hydrogen (secondary N) is 1. The minimum Gasteiger partial charge on any atom is -0.491 e. The van der Waals surface area contributed by atoms with Crippen LogP contribution < -0.4 is 19.5 Å². The summed E-state index contributed by atoms with van der Waals surface area (Å²) in [6.07, 6.45) is 0. The summed E-state index contributed by atoms with van der Waals surface area (Å²) in [6, 6.07) is 12.4. The van der Waals surface area contributed by atoms with E-state index in [-0.39, 0.29) is 25.9 Å². The molecular formula is C20H20N2O5. The van der Waals surface area contributed by atoms with Crippen LogP contribution in [-0.2, 0) is 10.3 Å². The summed E-state index contributed by atoms with van der Waals surface area (Å²) < 4.78 is 16.4. The first kappa shape index (κ1) is 17.2. The molecule has 0 radical (unpaired) electrons. The second kappa shape index (κ2) is 6.50. The van der Waals surface area contributed by atoms with Crippen LogP contribution in [0.5, 0.6) is 17.2 Å². The maximum absolute atomic E-state index is 13.0. The molecular weight excluding hydrogens is 348 g/mol. The maximum atomic E-state index is 13.0. The van der Waals surface area contributed by atoms with E-state index in [0.717, 1.165) is 11.3 Å². The third-order valence-corrected chi connectivity index (χ3v) is 4.89. The van der Waals surface area contributed by atoms with Gasteiger partial charge in [0, 0.05) is 0 Å². The van der Waals surface area contributed by atoms with Crippen LogP contribution in [0.4, 0.5) is 4.79 Å². The highest BCUT2D eigenvalue weighted by Gasteiger charge is 2.49. The molecule has 2 aromatic rings. The van der Waals surface area contributed by atoms with Crippen molar-refractivity contribution in [2.75, 3.05) is 19.9 Å². The summed E-state index contributed by atoms with van der Waals surface area (Å²) >= 11 is 0. The molecule has 4 rings (SSSR count). The van der Waals surface area contributed by atoms with E-state index in [1.54, 1.807) is 25.1 Å². The van der Waals surface area contributed by atoms with E-state index in [9.17, 15) is 9.59 Å². The number of urea groups is 1. The van der Waals surface area contributed by atoms with Gasteiger partial charge >= 0.3 is 6.03 Å². The highest BCUT2D eigenvalue weighted by atomic mass is 16.7. The van der Waals surface area contributed by atoms with Crippen LogP contribution in [0.1, 0.15) is 18.1 Å². The van der Waals surface area contributed by atoms with E-state index < -0.39 is 11.6 Å². The van der Waals surface area contributed by atoms with E-state index in [1.165, 1.54) is 4.90 Å². The number of carbonyl (C=O) groups excluding carboxylic acids is 2. The quantitative estimate of drug-likeness (QED) is 0.821. The number of nitrogens with zero attached hydrogens (tertiary/aromatic N) is 1. The molecule has 0 saturated carbocycles. The van der Waals surface area contributed by atoms with Crippen molar-refractivity contribution in [3.05, 3.63) is 53.6 Å². The molecule has 1 saturated heterocycles. The third-order valence-electron chi connectivity index (χ3n) is 4.89. The molecule has 1 atom stereocenters. The molecule has 0 bridgehead atoms. The van der Waals surface area contributed by atoms with E-state index in [1.807, 2.05) is 31.2 Å². The molecule has 27 heavy (non-hydrogen) atoms. The Morgan fingerprint density at radius 3 is 2.74 bits per heavy atom. The molecule has 1 N–H and O–H groups in total. The second-order valence-corrected chi connectivity index (χ2v) is 6.69. The SMILES string of the molecule is Cc1ccccc1OCCN1C(=O)NC(C)(c2ccc3c(c2)OCO3)C1=O. The average Bonchev–Trinajstić information content (AvgIpc) is 3.21. The van der Waals surface area contributed by atoms with E-state index in [4.69, 9.17) is 14.2 Å². The van der Waals surface area contributed by atoms with Crippen LogP contribution in [-0.4, -0.2) is 36.8 Å². The summed E-state index contributed by atoms with van der Waals surface area (Å²) in [7, 11) is 0. The van der Waals surface area contributed by atoms with Gasteiger partial charge in [0.15, 0.2) is 11.5 Å². The van der Waals surface area contributed by atoms with Crippen molar-refractivity contribution in [1.82, 2.24) is 10.2 Å². The highest BCUT2D eigenvalue weighted by molar-refractivity contribution is 6.07. The molecule has 3 amide bonds. The molecule has 2 aliphatic heterocycles. The van der Waals surface area contributed by atoms with Gasteiger partial charge in [0.1, 0.15) is 17.9 Å². The van der Waals surface area contributed by atoms with Gasteiger partial charge in [0.2, 0.25) is 6.79 Å². The molecule has 0 spiro atoms. The van der Waals surface area contributed by atoms with Gasteiger partial charge in [-0.25, -0.2) is 4.79 Å². The van der Waals surface area contributed by atoms with Gasteiger partial charge in [-0.15, -0.1) is 0 Å². The van der Waals surface area contributed by atoms with Crippen LogP contribution in [0.3, 0.4) is 0 Å². The molecule has 2 aliphatic rings. The number of amides is 3. The van der Waals surface area contributed by atoms with E-state index >= 15 is 0 Å². The topological polar surface area (TPSA) is 77.1 Å². The van der Waals surface area contributed by atoms with Crippen LogP contribution in [0, 0.1) is 6.92 Å². The van der Waals surface area contributed by atoms with Gasteiger partial charge in [-0.1, -0.05) is 24.3 Å². The smallest absolute Gasteiger partial charge is 0.325 e. The Morgan fingerprint density at radius 1 is 1.15 bits per heavy atom. The third kappa shape index (κ3) is 2.95. The number of benzene rings is 2. The summed E-state index contributed by atoms with van der Waals surface area (Å²) in [6.45, 7) is 4.17. The minimum atomic E-state index is -1.15. The number of carbonyl (C=O) groups is 2. The van der Waals surface area contributed by atoms with Crippen molar-refractivity contribution in [1.29, 1.82) is 0 Å². The molecule has 0 aliphatic carbocycles. The lowest BCUT2D eigenvalue weighted by atomic mass is 9.91. The molecule has 1 fully saturated rings. The van der Waals surface area contributed by atoms with Crippen molar-refractivity contribution in [3.8, 4) is 17.2 Å². The largest absolute Gasteiger partial charge is 0.491 e. The fourth-order valence-corrected chi connectivity index (χ4v) is 3.27. The number of imide groups is 1. The lowest BCUT2D eigenvalue weighted by Crippen LogP contribution is -2.41. The van der Waals surface area contributed by atoms with Crippen molar-refractivity contribution < 1.29 is 23.8 Å². The first-order chi connectivity index (χ1) is 13.0. The second-order valence-electron chi connectivity index (χ2n) is 6.69. The van der Waals surface area contributed by atoms with Crippen molar-refractivity contribution in [3.63, 3.8) is 0 Å². The fourth-order valence-electron chi connectivity index (χ4n) is 3.27. The monoisotopic (exact) mass is 368 g/mol. The first-order valence-electron chi connectivity index (χ1n) is 8.72. The number of fused-ring (bicyclic) bond motifs is 1. The van der Waals surface area contributed by atoms with Crippen molar-refractivity contribution in [2.45, 2.75) is 19.4 Å². The minimum absolute atomic E-state index is 0.151. The number of aryl methyl sites for hydroxylation is 1. The Balaban J connectivity index is 1.47. The Labute approximate surface area is 156 Å². The Kier molecular flexibility index (Phi) is 4.14. The maximum Gasteiger partial charge on any atom is 0.325 e. The molecule has 7 nitrogen and oxygen atoms in total. The summed E-state index contributed by atoms with van der Waals surface area (Å²) in [5.74, 6) is 1.61. The first-order valence-corrected chi connectivity index (χ1v) is 8.72. The number of rotatable bonds is 5. The normalized spacial score (nSPS) is 20.7. The number of hydrogen-bond acceptors (Lipinski definition) is 5. The highest BCUT2D eigenvalue weighted by Crippen LogP contribution is 2.37. The lowest BCUT2D eigenvalue weighted by molar-refractivity contribution is -0.131. The number of para-hydroxylation sites is 1. The van der Waals surface area contributed by atoms with E-state index in [2.05, 4.69) is 5.32 Å². The van der Waals surface area contributed by atoms with Gasteiger partial charge in [-0.05, 0) is 43.2 Å². The lowest BCUT2D eigenvalue weighted by Gasteiger charge is -2.22. The number of hydrogen-bond donors (Lipinski definition) is 1. The molecule has 2 aromatic carbocycles. The zero-order valence-electron chi connectivity index (χ0n) is 15.2. The molecule has 7 heteroatoms. The van der Waals surface area contributed by atoms with Crippen LogP contribution in [0.15, 0.2) is 42.5 Å². The number of ether oxygens (including phenoxy) is 3. The summed E-state index contributed by atoms with van der Waals surface area (Å²) in [5.41, 5.74) is 0.494. The van der Waals surface area contributed by atoms with Gasteiger partial charge < -0.3 is 19.5 Å². The summed E-state index contributed by atoms with van der Waals surface area (Å²) in [4.78, 5) is 26.5. The van der Waals surface area contributed by atoms with Crippen molar-refractivity contribution >= 4 is 11.9 Å². The predicted molar refractivity (Wildman–Crippen MR) is 96.8 cm³/mol. The molecule has 0 aromatic heterocycles. The van der Waals surface area contributed by atoms with E-state index in [0.29, 0.717) is 17.1 Å². The zero-order chi connectivity index (χ0) is 19.0. The van der Waals surface area contributed by atoms with Gasteiger partial charge in [0.25, 0.3) is 5.91 Å². The van der Waals surface area contributed by atoms with Crippen LogP contribution in [0.25, 0.3) is 0 Å². The van der Waals surface area contributed by atoms with Gasteiger partial charge in [-0.2, -0.15) is 0 Å².